The zero-order valence-electron chi connectivity index (χ0n) is 8.93. The first-order valence-corrected chi connectivity index (χ1v) is 5.06. The Labute approximate surface area is 81.7 Å². The summed E-state index contributed by atoms with van der Waals surface area (Å²) >= 11 is 0. The second-order valence-corrected chi connectivity index (χ2v) is 4.15. The summed E-state index contributed by atoms with van der Waals surface area (Å²) in [6.45, 7) is 9.77. The highest BCUT2D eigenvalue weighted by Crippen LogP contribution is 2.16. The van der Waals surface area contributed by atoms with Gasteiger partial charge >= 0.3 is 0 Å². The van der Waals surface area contributed by atoms with E-state index < -0.39 is 0 Å². The lowest BCUT2D eigenvalue weighted by molar-refractivity contribution is 0.125. The maximum absolute atomic E-state index is 5.42. The largest absolute Gasteiger partial charge is 0.309 e. The molecule has 0 aromatic rings. The lowest BCUT2D eigenvalue weighted by Crippen LogP contribution is -2.60. The monoisotopic (exact) mass is 180 g/mol. The van der Waals surface area contributed by atoms with Crippen molar-refractivity contribution in [3.8, 4) is 12.3 Å². The van der Waals surface area contributed by atoms with E-state index in [2.05, 4.69) is 36.9 Å². The summed E-state index contributed by atoms with van der Waals surface area (Å²) in [5, 5.41) is 3.54. The van der Waals surface area contributed by atoms with E-state index >= 15 is 0 Å². The van der Waals surface area contributed by atoms with Gasteiger partial charge in [0.15, 0.2) is 0 Å². The highest BCUT2D eigenvalue weighted by Gasteiger charge is 2.30. The predicted molar refractivity (Wildman–Crippen MR) is 56.6 cm³/mol. The second-order valence-electron chi connectivity index (χ2n) is 4.15. The Bertz CT molecular complexity index is 207. The van der Waals surface area contributed by atoms with Crippen molar-refractivity contribution in [2.24, 2.45) is 0 Å². The lowest BCUT2D eigenvalue weighted by atomic mass is 9.95. The molecule has 0 amide bonds. The molecule has 0 aliphatic carbocycles. The smallest absolute Gasteiger partial charge is 0.0684 e. The molecule has 1 aliphatic rings. The third-order valence-electron chi connectivity index (χ3n) is 3.07. The minimum Gasteiger partial charge on any atom is -0.309 e. The summed E-state index contributed by atoms with van der Waals surface area (Å²) in [5.74, 6) is 2.79. The van der Waals surface area contributed by atoms with Gasteiger partial charge in [-0.1, -0.05) is 12.8 Å². The predicted octanol–water partition coefficient (Wildman–Crippen LogP) is 1.08. The number of hydrogen-bond donors (Lipinski definition) is 1. The molecule has 2 unspecified atom stereocenters. The molecule has 0 bridgehead atoms. The molecule has 1 heterocycles. The zero-order chi connectivity index (χ0) is 9.90. The number of terminal acetylenes is 1. The van der Waals surface area contributed by atoms with Crippen LogP contribution >= 0.6 is 0 Å². The van der Waals surface area contributed by atoms with Crippen molar-refractivity contribution in [1.82, 2.24) is 10.2 Å². The van der Waals surface area contributed by atoms with Crippen LogP contribution in [0.15, 0.2) is 0 Å². The molecule has 2 heteroatoms. The van der Waals surface area contributed by atoms with E-state index in [-0.39, 0.29) is 11.6 Å². The van der Waals surface area contributed by atoms with Crippen molar-refractivity contribution in [3.63, 3.8) is 0 Å². The quantitative estimate of drug-likeness (QED) is 0.640. The fourth-order valence-corrected chi connectivity index (χ4v) is 1.76. The van der Waals surface area contributed by atoms with Crippen LogP contribution in [0, 0.1) is 12.3 Å². The fourth-order valence-electron chi connectivity index (χ4n) is 1.76. The molecule has 74 valence electrons. The Morgan fingerprint density at radius 3 is 2.92 bits per heavy atom. The Morgan fingerprint density at radius 1 is 1.69 bits per heavy atom. The average molecular weight is 180 g/mol. The van der Waals surface area contributed by atoms with Crippen LogP contribution in [0.1, 0.15) is 27.2 Å². The molecule has 1 aliphatic heterocycles. The van der Waals surface area contributed by atoms with Crippen molar-refractivity contribution >= 4 is 0 Å². The molecule has 1 rings (SSSR count). The van der Waals surface area contributed by atoms with E-state index in [0.29, 0.717) is 0 Å². The summed E-state index contributed by atoms with van der Waals surface area (Å²) < 4.78 is 0. The van der Waals surface area contributed by atoms with Gasteiger partial charge in [-0.05, 0) is 20.3 Å². The van der Waals surface area contributed by atoms with E-state index in [1.165, 1.54) is 0 Å². The fraction of sp³-hybridized carbons (Fsp3) is 0.818. The van der Waals surface area contributed by atoms with Crippen molar-refractivity contribution < 1.29 is 0 Å². The Hall–Kier alpha value is -0.520. The van der Waals surface area contributed by atoms with E-state index in [1.807, 2.05) is 0 Å². The summed E-state index contributed by atoms with van der Waals surface area (Å²) in [6.07, 6.45) is 6.57. The molecule has 1 fully saturated rings. The van der Waals surface area contributed by atoms with Gasteiger partial charge in [0.2, 0.25) is 0 Å². The average Bonchev–Trinajstić information content (AvgIpc) is 2.17. The normalized spacial score (nSPS) is 32.5. The third-order valence-corrected chi connectivity index (χ3v) is 3.07. The SMILES string of the molecule is C#CC(C)N1CCNC(C)(CC)C1. The van der Waals surface area contributed by atoms with Crippen LogP contribution in [0.25, 0.3) is 0 Å². The first-order valence-electron chi connectivity index (χ1n) is 5.06. The minimum absolute atomic E-state index is 0.253. The van der Waals surface area contributed by atoms with Crippen LogP contribution in [-0.2, 0) is 0 Å². The molecule has 2 nitrogen and oxygen atoms in total. The summed E-state index contributed by atoms with van der Waals surface area (Å²) in [5.41, 5.74) is 0.253. The van der Waals surface area contributed by atoms with Gasteiger partial charge in [0.1, 0.15) is 0 Å². The highest BCUT2D eigenvalue weighted by molar-refractivity contribution is 5.01. The zero-order valence-corrected chi connectivity index (χ0v) is 8.93. The summed E-state index contributed by atoms with van der Waals surface area (Å²) in [7, 11) is 0. The number of nitrogens with one attached hydrogen (secondary N) is 1. The van der Waals surface area contributed by atoms with Crippen LogP contribution in [0.2, 0.25) is 0 Å². The highest BCUT2D eigenvalue weighted by atomic mass is 15.2. The summed E-state index contributed by atoms with van der Waals surface area (Å²) in [6, 6.07) is 0.271. The summed E-state index contributed by atoms with van der Waals surface area (Å²) in [4.78, 5) is 2.38. The Kier molecular flexibility index (Phi) is 3.35. The molecule has 1 N–H and O–H groups in total. The van der Waals surface area contributed by atoms with Crippen LogP contribution < -0.4 is 5.32 Å². The second kappa shape index (κ2) is 4.13. The number of rotatable bonds is 2. The molecule has 2 atom stereocenters. The van der Waals surface area contributed by atoms with E-state index in [0.717, 1.165) is 26.1 Å². The van der Waals surface area contributed by atoms with Gasteiger partial charge in [-0.25, -0.2) is 0 Å². The van der Waals surface area contributed by atoms with E-state index in [4.69, 9.17) is 6.42 Å². The van der Waals surface area contributed by atoms with Crippen LogP contribution in [-0.4, -0.2) is 36.1 Å². The van der Waals surface area contributed by atoms with Crippen molar-refractivity contribution in [1.29, 1.82) is 0 Å². The van der Waals surface area contributed by atoms with Gasteiger partial charge in [0.05, 0.1) is 6.04 Å². The van der Waals surface area contributed by atoms with E-state index in [1.54, 1.807) is 0 Å². The molecule has 0 aromatic heterocycles. The van der Waals surface area contributed by atoms with Gasteiger partial charge in [-0.2, -0.15) is 0 Å². The van der Waals surface area contributed by atoms with Crippen LogP contribution in [0.5, 0.6) is 0 Å². The molecule has 0 spiro atoms. The van der Waals surface area contributed by atoms with E-state index in [9.17, 15) is 0 Å². The number of nitrogens with zero attached hydrogens (tertiary/aromatic N) is 1. The van der Waals surface area contributed by atoms with Gasteiger partial charge in [-0.3, -0.25) is 4.90 Å². The Morgan fingerprint density at radius 2 is 2.38 bits per heavy atom. The molecular weight excluding hydrogens is 160 g/mol. The topological polar surface area (TPSA) is 15.3 Å². The standard InChI is InChI=1S/C11H20N2/c1-5-10(3)13-8-7-12-11(4,6-2)9-13/h1,10,12H,6-9H2,2-4H3. The van der Waals surface area contributed by atoms with Crippen molar-refractivity contribution in [2.45, 2.75) is 38.8 Å². The molecule has 0 aromatic carbocycles. The first kappa shape index (κ1) is 10.6. The minimum atomic E-state index is 0.253. The van der Waals surface area contributed by atoms with Gasteiger partial charge in [-0.15, -0.1) is 6.42 Å². The first-order chi connectivity index (χ1) is 6.11. The molecule has 13 heavy (non-hydrogen) atoms. The molecule has 1 saturated heterocycles. The van der Waals surface area contributed by atoms with Gasteiger partial charge < -0.3 is 5.32 Å². The molecule has 0 saturated carbocycles. The van der Waals surface area contributed by atoms with Gasteiger partial charge in [0, 0.05) is 25.2 Å². The lowest BCUT2D eigenvalue weighted by Gasteiger charge is -2.42. The number of hydrogen-bond acceptors (Lipinski definition) is 2. The van der Waals surface area contributed by atoms with Crippen LogP contribution in [0.3, 0.4) is 0 Å². The Balaban J connectivity index is 2.57. The maximum Gasteiger partial charge on any atom is 0.0684 e. The van der Waals surface area contributed by atoms with Crippen molar-refractivity contribution in [3.05, 3.63) is 0 Å². The number of piperazine rings is 1. The van der Waals surface area contributed by atoms with Crippen LogP contribution in [0.4, 0.5) is 0 Å². The maximum atomic E-state index is 5.42. The van der Waals surface area contributed by atoms with Crippen molar-refractivity contribution in [2.75, 3.05) is 19.6 Å². The molecular formula is C11H20N2. The molecule has 0 radical (unpaired) electrons. The third kappa shape index (κ3) is 2.46. The van der Waals surface area contributed by atoms with Gasteiger partial charge in [0.25, 0.3) is 0 Å².